The van der Waals surface area contributed by atoms with Crippen LogP contribution in [0.5, 0.6) is 0 Å². The third-order valence-electron chi connectivity index (χ3n) is 1.47. The van der Waals surface area contributed by atoms with E-state index in [0.29, 0.717) is 11.5 Å². The van der Waals surface area contributed by atoms with Crippen LogP contribution in [0.2, 0.25) is 0 Å². The van der Waals surface area contributed by atoms with E-state index >= 15 is 0 Å². The van der Waals surface area contributed by atoms with E-state index in [-0.39, 0.29) is 5.69 Å². The molecule has 0 aliphatic rings. The Morgan fingerprint density at radius 2 is 2.36 bits per heavy atom. The van der Waals surface area contributed by atoms with Gasteiger partial charge in [-0.15, -0.1) is 0 Å². The van der Waals surface area contributed by atoms with Gasteiger partial charge in [0.25, 0.3) is 0 Å². The molecule has 11 heavy (non-hydrogen) atoms. The van der Waals surface area contributed by atoms with Crippen LogP contribution in [0.3, 0.4) is 0 Å². The zero-order valence-electron chi connectivity index (χ0n) is 5.61. The molecule has 0 atom stereocenters. The number of H-pyrrole nitrogens is 1. The van der Waals surface area contributed by atoms with Crippen LogP contribution >= 0.6 is 0 Å². The van der Waals surface area contributed by atoms with Crippen LogP contribution in [0, 0.1) is 0 Å². The smallest absolute Gasteiger partial charge is 0.349 e. The molecular formula is C6H6N4O. The fourth-order valence-electron chi connectivity index (χ4n) is 0.978. The van der Waals surface area contributed by atoms with Crippen molar-refractivity contribution in [3.05, 3.63) is 28.7 Å². The minimum atomic E-state index is -0.307. The number of nitrogens with zero attached hydrogens (tertiary/aromatic N) is 2. The summed E-state index contributed by atoms with van der Waals surface area (Å²) < 4.78 is 1.31. The van der Waals surface area contributed by atoms with Crippen molar-refractivity contribution < 1.29 is 0 Å². The number of nitrogen functional groups attached to an aromatic ring is 1. The second kappa shape index (κ2) is 1.85. The minimum absolute atomic E-state index is 0.307. The second-order valence-corrected chi connectivity index (χ2v) is 2.17. The van der Waals surface area contributed by atoms with Crippen LogP contribution in [-0.2, 0) is 0 Å². The molecule has 3 N–H and O–H groups in total. The quantitative estimate of drug-likeness (QED) is 0.536. The Morgan fingerprint density at radius 1 is 1.55 bits per heavy atom. The third-order valence-corrected chi connectivity index (χ3v) is 1.47. The van der Waals surface area contributed by atoms with E-state index < -0.39 is 0 Å². The van der Waals surface area contributed by atoms with Crippen molar-refractivity contribution >= 4 is 11.5 Å². The fourth-order valence-corrected chi connectivity index (χ4v) is 0.978. The van der Waals surface area contributed by atoms with Crippen LogP contribution < -0.4 is 11.4 Å². The first-order chi connectivity index (χ1) is 5.29. The maximum Gasteiger partial charge on any atom is 0.349 e. The number of pyridine rings is 1. The van der Waals surface area contributed by atoms with Gasteiger partial charge in [0.1, 0.15) is 5.82 Å². The van der Waals surface area contributed by atoms with Crippen molar-refractivity contribution in [3.8, 4) is 0 Å². The van der Waals surface area contributed by atoms with Gasteiger partial charge in [-0.05, 0) is 12.1 Å². The molecule has 2 heterocycles. The SMILES string of the molecule is Nc1cccc2n[nH]c(=O)n12. The molecule has 5 heteroatoms. The molecule has 0 spiro atoms. The Labute approximate surface area is 61.5 Å². The average Bonchev–Trinajstić information content (AvgIpc) is 2.34. The highest BCUT2D eigenvalue weighted by Gasteiger charge is 1.99. The predicted molar refractivity (Wildman–Crippen MR) is 40.2 cm³/mol. The molecule has 56 valence electrons. The lowest BCUT2D eigenvalue weighted by atomic mass is 10.4. The number of hydrogen-bond acceptors (Lipinski definition) is 3. The Morgan fingerprint density at radius 3 is 3.09 bits per heavy atom. The van der Waals surface area contributed by atoms with Crippen LogP contribution in [0.1, 0.15) is 0 Å². The van der Waals surface area contributed by atoms with Gasteiger partial charge >= 0.3 is 5.69 Å². The highest BCUT2D eigenvalue weighted by molar-refractivity contribution is 5.45. The Hall–Kier alpha value is -1.78. The van der Waals surface area contributed by atoms with Gasteiger partial charge in [-0.3, -0.25) is 0 Å². The Kier molecular flexibility index (Phi) is 1.00. The normalized spacial score (nSPS) is 10.5. The topological polar surface area (TPSA) is 76.2 Å². The minimum Gasteiger partial charge on any atom is -0.385 e. The summed E-state index contributed by atoms with van der Waals surface area (Å²) in [5, 5.41) is 6.02. The lowest BCUT2D eigenvalue weighted by molar-refractivity contribution is 1.03. The van der Waals surface area contributed by atoms with Crippen LogP contribution in [0.25, 0.3) is 5.65 Å². The Balaban J connectivity index is 3.08. The van der Waals surface area contributed by atoms with Gasteiger partial charge in [-0.1, -0.05) is 6.07 Å². The number of aromatic amines is 1. The highest BCUT2D eigenvalue weighted by atomic mass is 16.1. The van der Waals surface area contributed by atoms with E-state index in [1.54, 1.807) is 18.2 Å². The fraction of sp³-hybridized carbons (Fsp3) is 0. The second-order valence-electron chi connectivity index (χ2n) is 2.17. The first kappa shape index (κ1) is 5.96. The summed E-state index contributed by atoms with van der Waals surface area (Å²) in [5.74, 6) is 0.390. The molecule has 0 bridgehead atoms. The summed E-state index contributed by atoms with van der Waals surface area (Å²) in [5.41, 5.74) is 5.73. The lowest BCUT2D eigenvalue weighted by Crippen LogP contribution is -2.12. The summed E-state index contributed by atoms with van der Waals surface area (Å²) in [7, 11) is 0. The van der Waals surface area contributed by atoms with Crippen molar-refractivity contribution in [1.82, 2.24) is 14.6 Å². The van der Waals surface area contributed by atoms with Gasteiger partial charge in [0.05, 0.1) is 0 Å². The van der Waals surface area contributed by atoms with E-state index in [9.17, 15) is 4.79 Å². The first-order valence-electron chi connectivity index (χ1n) is 3.10. The summed E-state index contributed by atoms with van der Waals surface area (Å²) >= 11 is 0. The molecule has 0 radical (unpaired) electrons. The molecule has 2 rings (SSSR count). The molecule has 0 unspecified atom stereocenters. The molecule has 2 aromatic rings. The third kappa shape index (κ3) is 0.706. The maximum absolute atomic E-state index is 11.0. The zero-order chi connectivity index (χ0) is 7.84. The number of aromatic nitrogens is 3. The first-order valence-corrected chi connectivity index (χ1v) is 3.10. The van der Waals surface area contributed by atoms with E-state index in [1.807, 2.05) is 0 Å². The van der Waals surface area contributed by atoms with Crippen LogP contribution in [0.15, 0.2) is 23.0 Å². The lowest BCUT2D eigenvalue weighted by Gasteiger charge is -1.93. The number of nitrogens with two attached hydrogens (primary N) is 1. The van der Waals surface area contributed by atoms with Crippen molar-refractivity contribution in [3.63, 3.8) is 0 Å². The van der Waals surface area contributed by atoms with Gasteiger partial charge in [0.15, 0.2) is 5.65 Å². The summed E-state index contributed by atoms with van der Waals surface area (Å²) in [6.45, 7) is 0. The molecule has 2 aromatic heterocycles. The molecule has 0 aliphatic carbocycles. The zero-order valence-corrected chi connectivity index (χ0v) is 5.61. The number of anilines is 1. The number of nitrogens with one attached hydrogen (secondary N) is 1. The average molecular weight is 150 g/mol. The van der Waals surface area contributed by atoms with Crippen LogP contribution in [0.4, 0.5) is 5.82 Å². The van der Waals surface area contributed by atoms with Crippen molar-refractivity contribution in [2.75, 3.05) is 5.73 Å². The van der Waals surface area contributed by atoms with E-state index in [4.69, 9.17) is 5.73 Å². The summed E-state index contributed by atoms with van der Waals surface area (Å²) in [6, 6.07) is 5.09. The highest BCUT2D eigenvalue weighted by Crippen LogP contribution is 2.01. The van der Waals surface area contributed by atoms with Gasteiger partial charge in [-0.25, -0.2) is 14.3 Å². The predicted octanol–water partition coefficient (Wildman–Crippen LogP) is -0.395. The van der Waals surface area contributed by atoms with Crippen LogP contribution in [-0.4, -0.2) is 14.6 Å². The Bertz CT molecular complexity index is 441. The van der Waals surface area contributed by atoms with E-state index in [2.05, 4.69) is 10.2 Å². The largest absolute Gasteiger partial charge is 0.385 e. The molecule has 5 nitrogen and oxygen atoms in total. The summed E-state index contributed by atoms with van der Waals surface area (Å²) in [6.07, 6.45) is 0. The van der Waals surface area contributed by atoms with Crippen molar-refractivity contribution in [2.24, 2.45) is 0 Å². The number of rotatable bonds is 0. The standard InChI is InChI=1S/C6H6N4O/c7-4-2-1-3-5-8-9-6(11)10(4)5/h1-3H,7H2,(H,9,11). The molecule has 0 aromatic carbocycles. The van der Waals surface area contributed by atoms with Gasteiger partial charge in [0.2, 0.25) is 0 Å². The number of hydrogen-bond donors (Lipinski definition) is 2. The molecule has 0 saturated carbocycles. The number of fused-ring (bicyclic) bond motifs is 1. The molecular weight excluding hydrogens is 144 g/mol. The summed E-state index contributed by atoms with van der Waals surface area (Å²) in [4.78, 5) is 11.0. The van der Waals surface area contributed by atoms with E-state index in [1.165, 1.54) is 4.40 Å². The van der Waals surface area contributed by atoms with E-state index in [0.717, 1.165) is 0 Å². The molecule has 0 amide bonds. The maximum atomic E-state index is 11.0. The van der Waals surface area contributed by atoms with Gasteiger partial charge in [-0.2, -0.15) is 5.10 Å². The van der Waals surface area contributed by atoms with Gasteiger partial charge < -0.3 is 5.73 Å². The monoisotopic (exact) mass is 150 g/mol. The van der Waals surface area contributed by atoms with Gasteiger partial charge in [0, 0.05) is 0 Å². The molecule has 0 saturated heterocycles. The van der Waals surface area contributed by atoms with Crippen molar-refractivity contribution in [2.45, 2.75) is 0 Å². The molecule has 0 aliphatic heterocycles. The van der Waals surface area contributed by atoms with Crippen molar-refractivity contribution in [1.29, 1.82) is 0 Å². The molecule has 0 fully saturated rings.